The van der Waals surface area contributed by atoms with Crippen LogP contribution in [0, 0.1) is 5.92 Å². The molecule has 0 bridgehead atoms. The van der Waals surface area contributed by atoms with E-state index in [9.17, 15) is 4.79 Å². The molecule has 3 nitrogen and oxygen atoms in total. The molecule has 0 unspecified atom stereocenters. The first-order valence-electron chi connectivity index (χ1n) is 10.4. The van der Waals surface area contributed by atoms with E-state index in [0.29, 0.717) is 5.92 Å². The van der Waals surface area contributed by atoms with Gasteiger partial charge in [-0.15, -0.1) is 0 Å². The molecule has 0 radical (unpaired) electrons. The Morgan fingerprint density at radius 1 is 1.18 bits per heavy atom. The van der Waals surface area contributed by atoms with Crippen molar-refractivity contribution in [3.63, 3.8) is 0 Å². The third kappa shape index (κ3) is 4.64. The molecule has 1 amide bonds. The molecule has 3 heterocycles. The fraction of sp³-hybridized carbons (Fsp3) is 0.522. The Morgan fingerprint density at radius 2 is 1.96 bits per heavy atom. The molecule has 2 atom stereocenters. The maximum absolute atomic E-state index is 13.1. The third-order valence-electron chi connectivity index (χ3n) is 6.41. The topological polar surface area (TPSA) is 23.6 Å². The summed E-state index contributed by atoms with van der Waals surface area (Å²) in [6.45, 7) is 2.36. The van der Waals surface area contributed by atoms with Crippen molar-refractivity contribution in [1.82, 2.24) is 9.80 Å². The summed E-state index contributed by atoms with van der Waals surface area (Å²) in [7, 11) is 2.01. The molecule has 5 heteroatoms. The minimum absolute atomic E-state index is 0.164. The molecule has 0 aliphatic carbocycles. The molecule has 0 N–H and O–H groups in total. The number of nitrogens with zero attached hydrogens (tertiary/aromatic N) is 2. The third-order valence-corrected chi connectivity index (χ3v) is 8.24. The molecule has 4 rings (SSSR count). The molecular weight excluding hydrogens is 384 g/mol. The second-order valence-electron chi connectivity index (χ2n) is 8.08. The van der Waals surface area contributed by atoms with Gasteiger partial charge in [0.2, 0.25) is 0 Å². The molecule has 150 valence electrons. The molecule has 1 aromatic carbocycles. The Morgan fingerprint density at radius 3 is 2.61 bits per heavy atom. The average molecular weight is 415 g/mol. The van der Waals surface area contributed by atoms with Crippen LogP contribution in [0.1, 0.15) is 35.2 Å². The highest BCUT2D eigenvalue weighted by Gasteiger charge is 2.34. The molecule has 2 aromatic rings. The number of thioether (sulfide) groups is 1. The first-order valence-corrected chi connectivity index (χ1v) is 12.5. The standard InChI is InChI=1S/C23H30N2OS2/c1-24(23(26)20-9-13-27-16-20)22(15-18-5-3-2-4-6-18)19-7-11-25(12-8-19)21-10-14-28-17-21/h2-6,9,13,16,19,21-22H,7-8,10-12,14-15,17H2,1H3/t21-,22+/m1/s1. The molecule has 2 saturated heterocycles. The first kappa shape index (κ1) is 20.0. The van der Waals surface area contributed by atoms with Crippen LogP contribution in [-0.2, 0) is 6.42 Å². The number of amides is 1. The molecular formula is C23H30N2OS2. The maximum atomic E-state index is 13.1. The van der Waals surface area contributed by atoms with Crippen LogP contribution < -0.4 is 0 Å². The second-order valence-corrected chi connectivity index (χ2v) is 10.0. The van der Waals surface area contributed by atoms with E-state index in [-0.39, 0.29) is 11.9 Å². The lowest BCUT2D eigenvalue weighted by Gasteiger charge is -2.41. The van der Waals surface area contributed by atoms with Crippen molar-refractivity contribution in [3.05, 3.63) is 58.3 Å². The van der Waals surface area contributed by atoms with Crippen LogP contribution in [0.4, 0.5) is 0 Å². The Bertz CT molecular complexity index is 735. The van der Waals surface area contributed by atoms with Gasteiger partial charge >= 0.3 is 0 Å². The van der Waals surface area contributed by atoms with Crippen molar-refractivity contribution in [1.29, 1.82) is 0 Å². The highest BCUT2D eigenvalue weighted by atomic mass is 32.2. The van der Waals surface area contributed by atoms with E-state index >= 15 is 0 Å². The number of hydrogen-bond donors (Lipinski definition) is 0. The van der Waals surface area contributed by atoms with Crippen LogP contribution in [0.25, 0.3) is 0 Å². The lowest BCUT2D eigenvalue weighted by atomic mass is 9.84. The highest BCUT2D eigenvalue weighted by Crippen LogP contribution is 2.31. The van der Waals surface area contributed by atoms with Crippen LogP contribution in [0.5, 0.6) is 0 Å². The zero-order valence-electron chi connectivity index (χ0n) is 16.6. The van der Waals surface area contributed by atoms with Gasteiger partial charge in [0.1, 0.15) is 0 Å². The number of rotatable bonds is 6. The van der Waals surface area contributed by atoms with Gasteiger partial charge in [0.25, 0.3) is 5.91 Å². The van der Waals surface area contributed by atoms with Gasteiger partial charge in [-0.05, 0) is 67.5 Å². The van der Waals surface area contributed by atoms with Crippen LogP contribution in [0.2, 0.25) is 0 Å². The fourth-order valence-electron chi connectivity index (χ4n) is 4.70. The fourth-order valence-corrected chi connectivity index (χ4v) is 6.58. The summed E-state index contributed by atoms with van der Waals surface area (Å²) < 4.78 is 0. The summed E-state index contributed by atoms with van der Waals surface area (Å²) in [4.78, 5) is 17.8. The van der Waals surface area contributed by atoms with E-state index in [2.05, 4.69) is 47.0 Å². The summed E-state index contributed by atoms with van der Waals surface area (Å²) in [5, 5.41) is 3.96. The zero-order chi connectivity index (χ0) is 19.3. The number of likely N-dealkylation sites (tertiary alicyclic amines) is 1. The lowest BCUT2D eigenvalue weighted by Crippen LogP contribution is -2.49. The smallest absolute Gasteiger partial charge is 0.254 e. The zero-order valence-corrected chi connectivity index (χ0v) is 18.3. The average Bonchev–Trinajstić information content (AvgIpc) is 3.46. The van der Waals surface area contributed by atoms with Crippen LogP contribution >= 0.6 is 23.1 Å². The van der Waals surface area contributed by atoms with Crippen molar-refractivity contribution in [2.75, 3.05) is 31.6 Å². The van der Waals surface area contributed by atoms with Gasteiger partial charge in [0.15, 0.2) is 0 Å². The van der Waals surface area contributed by atoms with Gasteiger partial charge in [-0.25, -0.2) is 0 Å². The summed E-state index contributed by atoms with van der Waals surface area (Å²) in [5.74, 6) is 3.35. The van der Waals surface area contributed by atoms with Gasteiger partial charge in [0.05, 0.1) is 5.56 Å². The minimum Gasteiger partial charge on any atom is -0.338 e. The molecule has 2 aliphatic rings. The van der Waals surface area contributed by atoms with E-state index in [1.165, 1.54) is 49.4 Å². The summed E-state index contributed by atoms with van der Waals surface area (Å²) in [6, 6.07) is 13.7. The highest BCUT2D eigenvalue weighted by molar-refractivity contribution is 7.99. The predicted molar refractivity (Wildman–Crippen MR) is 120 cm³/mol. The quantitative estimate of drug-likeness (QED) is 0.687. The van der Waals surface area contributed by atoms with Crippen molar-refractivity contribution in [3.8, 4) is 0 Å². The number of carbonyl (C=O) groups is 1. The predicted octanol–water partition coefficient (Wildman–Crippen LogP) is 4.65. The van der Waals surface area contributed by atoms with Gasteiger partial charge in [-0.1, -0.05) is 30.3 Å². The molecule has 28 heavy (non-hydrogen) atoms. The van der Waals surface area contributed by atoms with E-state index < -0.39 is 0 Å². The Balaban J connectivity index is 1.47. The Labute approximate surface area is 177 Å². The van der Waals surface area contributed by atoms with Crippen LogP contribution in [0.15, 0.2) is 47.2 Å². The van der Waals surface area contributed by atoms with Gasteiger partial charge in [-0.3, -0.25) is 9.69 Å². The van der Waals surface area contributed by atoms with Crippen molar-refractivity contribution in [2.24, 2.45) is 5.92 Å². The number of thiophene rings is 1. The monoisotopic (exact) mass is 414 g/mol. The number of likely N-dealkylation sites (N-methyl/N-ethyl adjacent to an activating group) is 1. The molecule has 0 spiro atoms. The van der Waals surface area contributed by atoms with E-state index in [1.54, 1.807) is 11.3 Å². The summed E-state index contributed by atoms with van der Waals surface area (Å²) in [6.07, 6.45) is 4.68. The minimum atomic E-state index is 0.164. The second kappa shape index (κ2) is 9.47. The van der Waals surface area contributed by atoms with E-state index in [1.807, 2.05) is 28.8 Å². The van der Waals surface area contributed by atoms with Gasteiger partial charge in [0, 0.05) is 30.3 Å². The van der Waals surface area contributed by atoms with Gasteiger partial charge in [-0.2, -0.15) is 23.1 Å². The van der Waals surface area contributed by atoms with Gasteiger partial charge < -0.3 is 4.90 Å². The Kier molecular flexibility index (Phi) is 6.76. The van der Waals surface area contributed by atoms with Crippen molar-refractivity contribution in [2.45, 2.75) is 37.8 Å². The number of carbonyl (C=O) groups excluding carboxylic acids is 1. The molecule has 2 aliphatic heterocycles. The first-order chi connectivity index (χ1) is 13.7. The SMILES string of the molecule is CN(C(=O)c1ccsc1)[C@@H](Cc1ccccc1)C1CCN([C@@H]2CCSC2)CC1. The number of benzene rings is 1. The largest absolute Gasteiger partial charge is 0.338 e. The van der Waals surface area contributed by atoms with E-state index in [4.69, 9.17) is 0 Å². The number of hydrogen-bond acceptors (Lipinski definition) is 4. The van der Waals surface area contributed by atoms with Crippen LogP contribution in [0.3, 0.4) is 0 Å². The van der Waals surface area contributed by atoms with E-state index in [0.717, 1.165) is 18.0 Å². The summed E-state index contributed by atoms with van der Waals surface area (Å²) in [5.41, 5.74) is 2.15. The van der Waals surface area contributed by atoms with Crippen LogP contribution in [-0.4, -0.2) is 59.4 Å². The normalized spacial score (nSPS) is 22.2. The van der Waals surface area contributed by atoms with Crippen molar-refractivity contribution < 1.29 is 4.79 Å². The maximum Gasteiger partial charge on any atom is 0.254 e. The molecule has 2 fully saturated rings. The summed E-state index contributed by atoms with van der Waals surface area (Å²) >= 11 is 3.69. The number of piperidine rings is 1. The lowest BCUT2D eigenvalue weighted by molar-refractivity contribution is 0.0558. The molecule has 1 aromatic heterocycles. The molecule has 0 saturated carbocycles. The van der Waals surface area contributed by atoms with Crippen molar-refractivity contribution >= 4 is 29.0 Å². The Hall–Kier alpha value is -1.30.